The zero-order valence-corrected chi connectivity index (χ0v) is 11.6. The van der Waals surface area contributed by atoms with E-state index in [-0.39, 0.29) is 17.1 Å². The SMILES string of the molecule is O=C(c1cc2cc(F)ccc2c(=O)o1)N1CCCCCC1. The molecule has 4 nitrogen and oxygen atoms in total. The molecule has 0 N–H and O–H groups in total. The number of amides is 1. The van der Waals surface area contributed by atoms with Crippen molar-refractivity contribution in [2.75, 3.05) is 13.1 Å². The van der Waals surface area contributed by atoms with Gasteiger partial charge in [0, 0.05) is 13.1 Å². The molecule has 0 saturated carbocycles. The van der Waals surface area contributed by atoms with Crippen molar-refractivity contribution in [2.24, 2.45) is 0 Å². The number of carbonyl (C=O) groups is 1. The van der Waals surface area contributed by atoms with E-state index in [1.54, 1.807) is 4.90 Å². The van der Waals surface area contributed by atoms with Crippen molar-refractivity contribution in [3.8, 4) is 0 Å². The maximum atomic E-state index is 13.3. The first-order valence-electron chi connectivity index (χ1n) is 7.18. The number of rotatable bonds is 1. The quantitative estimate of drug-likeness (QED) is 0.811. The number of hydrogen-bond acceptors (Lipinski definition) is 3. The third-order valence-electron chi connectivity index (χ3n) is 3.83. The van der Waals surface area contributed by atoms with Gasteiger partial charge in [-0.3, -0.25) is 4.79 Å². The molecule has 1 aromatic carbocycles. The third-order valence-corrected chi connectivity index (χ3v) is 3.83. The van der Waals surface area contributed by atoms with Crippen LogP contribution >= 0.6 is 0 Å². The van der Waals surface area contributed by atoms with Crippen LogP contribution in [0.5, 0.6) is 0 Å². The van der Waals surface area contributed by atoms with E-state index in [1.807, 2.05) is 0 Å². The number of nitrogens with zero attached hydrogens (tertiary/aromatic N) is 1. The summed E-state index contributed by atoms with van der Waals surface area (Å²) < 4.78 is 18.4. The van der Waals surface area contributed by atoms with E-state index >= 15 is 0 Å². The smallest absolute Gasteiger partial charge is 0.344 e. The van der Waals surface area contributed by atoms with Crippen molar-refractivity contribution in [3.63, 3.8) is 0 Å². The number of halogens is 1. The minimum atomic E-state index is -0.606. The van der Waals surface area contributed by atoms with Crippen LogP contribution in [0.4, 0.5) is 4.39 Å². The second-order valence-electron chi connectivity index (χ2n) is 5.34. The first-order valence-corrected chi connectivity index (χ1v) is 7.18. The topological polar surface area (TPSA) is 50.5 Å². The molecule has 1 fully saturated rings. The predicted octanol–water partition coefficient (Wildman–Crippen LogP) is 2.95. The normalized spacial score (nSPS) is 16.0. The van der Waals surface area contributed by atoms with Crippen molar-refractivity contribution in [1.82, 2.24) is 4.90 Å². The van der Waals surface area contributed by atoms with Crippen LogP contribution in [0.15, 0.2) is 33.5 Å². The van der Waals surface area contributed by atoms with Gasteiger partial charge < -0.3 is 9.32 Å². The first-order chi connectivity index (χ1) is 10.1. The number of benzene rings is 1. The monoisotopic (exact) mass is 289 g/mol. The van der Waals surface area contributed by atoms with Gasteiger partial charge in [0.2, 0.25) is 0 Å². The Kier molecular flexibility index (Phi) is 3.73. The van der Waals surface area contributed by atoms with Gasteiger partial charge in [-0.05, 0) is 42.5 Å². The van der Waals surface area contributed by atoms with Gasteiger partial charge in [0.05, 0.1) is 5.39 Å². The molecular weight excluding hydrogens is 273 g/mol. The molecule has 1 aromatic heterocycles. The molecule has 0 radical (unpaired) electrons. The van der Waals surface area contributed by atoms with Crippen molar-refractivity contribution in [3.05, 3.63) is 46.3 Å². The fourth-order valence-electron chi connectivity index (χ4n) is 2.70. The molecule has 110 valence electrons. The van der Waals surface area contributed by atoms with Crippen LogP contribution in [-0.2, 0) is 0 Å². The summed E-state index contributed by atoms with van der Waals surface area (Å²) in [6.07, 6.45) is 4.13. The Morgan fingerprint density at radius 2 is 1.81 bits per heavy atom. The highest BCUT2D eigenvalue weighted by atomic mass is 19.1. The van der Waals surface area contributed by atoms with E-state index in [0.29, 0.717) is 18.5 Å². The molecule has 2 heterocycles. The minimum absolute atomic E-state index is 0.0139. The largest absolute Gasteiger partial charge is 0.417 e. The van der Waals surface area contributed by atoms with Crippen LogP contribution in [-0.4, -0.2) is 23.9 Å². The lowest BCUT2D eigenvalue weighted by atomic mass is 10.1. The average molecular weight is 289 g/mol. The highest BCUT2D eigenvalue weighted by Gasteiger charge is 2.20. The maximum absolute atomic E-state index is 13.3. The zero-order valence-electron chi connectivity index (χ0n) is 11.6. The Morgan fingerprint density at radius 1 is 1.10 bits per heavy atom. The molecule has 1 amide bonds. The molecule has 0 bridgehead atoms. The number of carbonyl (C=O) groups excluding carboxylic acids is 1. The average Bonchev–Trinajstić information content (AvgIpc) is 2.75. The Hall–Kier alpha value is -2.17. The highest BCUT2D eigenvalue weighted by Crippen LogP contribution is 2.17. The number of fused-ring (bicyclic) bond motifs is 1. The Balaban J connectivity index is 1.99. The third kappa shape index (κ3) is 2.82. The molecule has 3 rings (SSSR count). The van der Waals surface area contributed by atoms with E-state index in [0.717, 1.165) is 25.7 Å². The number of hydrogen-bond donors (Lipinski definition) is 0. The lowest BCUT2D eigenvalue weighted by Crippen LogP contribution is -2.32. The van der Waals surface area contributed by atoms with E-state index in [1.165, 1.54) is 24.3 Å². The van der Waals surface area contributed by atoms with Gasteiger partial charge in [-0.2, -0.15) is 0 Å². The van der Waals surface area contributed by atoms with Gasteiger partial charge >= 0.3 is 5.63 Å². The van der Waals surface area contributed by atoms with E-state index < -0.39 is 11.4 Å². The summed E-state index contributed by atoms with van der Waals surface area (Å²) in [6.45, 7) is 1.34. The second kappa shape index (κ2) is 5.68. The predicted molar refractivity (Wildman–Crippen MR) is 76.8 cm³/mol. The van der Waals surface area contributed by atoms with Gasteiger partial charge in [-0.15, -0.1) is 0 Å². The molecule has 0 spiro atoms. The minimum Gasteiger partial charge on any atom is -0.417 e. The van der Waals surface area contributed by atoms with Gasteiger partial charge in [-0.25, -0.2) is 9.18 Å². The molecule has 0 aliphatic carbocycles. The molecule has 2 aromatic rings. The van der Waals surface area contributed by atoms with Gasteiger partial charge in [0.15, 0.2) is 5.76 Å². The zero-order chi connectivity index (χ0) is 14.8. The fraction of sp³-hybridized carbons (Fsp3) is 0.375. The van der Waals surface area contributed by atoms with E-state index in [4.69, 9.17) is 4.42 Å². The summed E-state index contributed by atoms with van der Waals surface area (Å²) in [5.74, 6) is -0.749. The van der Waals surface area contributed by atoms with Crippen LogP contribution < -0.4 is 5.63 Å². The molecule has 1 aliphatic heterocycles. The van der Waals surface area contributed by atoms with Crippen LogP contribution in [0.1, 0.15) is 36.2 Å². The van der Waals surface area contributed by atoms with Crippen molar-refractivity contribution in [1.29, 1.82) is 0 Å². The fourth-order valence-corrected chi connectivity index (χ4v) is 2.70. The van der Waals surface area contributed by atoms with Crippen molar-refractivity contribution < 1.29 is 13.6 Å². The Labute approximate surface area is 121 Å². The maximum Gasteiger partial charge on any atom is 0.344 e. The summed E-state index contributed by atoms with van der Waals surface area (Å²) >= 11 is 0. The van der Waals surface area contributed by atoms with Gasteiger partial charge in [0.1, 0.15) is 5.82 Å². The van der Waals surface area contributed by atoms with Crippen LogP contribution in [0.3, 0.4) is 0 Å². The molecule has 0 unspecified atom stereocenters. The summed E-state index contributed by atoms with van der Waals surface area (Å²) in [5.41, 5.74) is -0.606. The standard InChI is InChI=1S/C16H16FNO3/c17-12-5-6-13-11(9-12)10-14(21-16(13)20)15(19)18-7-3-1-2-4-8-18/h5-6,9-10H,1-4,7-8H2. The lowest BCUT2D eigenvalue weighted by Gasteiger charge is -2.19. The van der Waals surface area contributed by atoms with E-state index in [2.05, 4.69) is 0 Å². The van der Waals surface area contributed by atoms with Crippen molar-refractivity contribution >= 4 is 16.7 Å². The molecule has 1 aliphatic rings. The molecule has 0 atom stereocenters. The molecule has 5 heteroatoms. The molecule has 21 heavy (non-hydrogen) atoms. The molecule has 1 saturated heterocycles. The molecular formula is C16H16FNO3. The van der Waals surface area contributed by atoms with Gasteiger partial charge in [-0.1, -0.05) is 12.8 Å². The summed E-state index contributed by atoms with van der Waals surface area (Å²) in [6, 6.07) is 5.27. The van der Waals surface area contributed by atoms with Crippen LogP contribution in [0.25, 0.3) is 10.8 Å². The summed E-state index contributed by atoms with van der Waals surface area (Å²) in [5, 5.41) is 0.674. The van der Waals surface area contributed by atoms with Crippen LogP contribution in [0.2, 0.25) is 0 Å². The van der Waals surface area contributed by atoms with Crippen molar-refractivity contribution in [2.45, 2.75) is 25.7 Å². The van der Waals surface area contributed by atoms with E-state index in [9.17, 15) is 14.0 Å². The summed E-state index contributed by atoms with van der Waals surface area (Å²) in [7, 11) is 0. The highest BCUT2D eigenvalue weighted by molar-refractivity contribution is 5.95. The lowest BCUT2D eigenvalue weighted by molar-refractivity contribution is 0.0725. The number of likely N-dealkylation sites (tertiary alicyclic amines) is 1. The second-order valence-corrected chi connectivity index (χ2v) is 5.34. The summed E-state index contributed by atoms with van der Waals surface area (Å²) in [4.78, 5) is 26.0. The Morgan fingerprint density at radius 3 is 2.52 bits per heavy atom. The van der Waals surface area contributed by atoms with Gasteiger partial charge in [0.25, 0.3) is 5.91 Å². The first kappa shape index (κ1) is 13.8. The van der Waals surface area contributed by atoms with Crippen LogP contribution in [0, 0.1) is 5.82 Å². The Bertz CT molecular complexity index is 730.